The second-order valence-corrected chi connectivity index (χ2v) is 3.25. The Kier molecular flexibility index (Phi) is 3.92. The second kappa shape index (κ2) is 5.20. The fourth-order valence-corrected chi connectivity index (χ4v) is 1.01. The predicted octanol–water partition coefficient (Wildman–Crippen LogP) is 1.93. The van der Waals surface area contributed by atoms with Gasteiger partial charge in [-0.3, -0.25) is 4.79 Å². The molecule has 2 N–H and O–H groups in total. The summed E-state index contributed by atoms with van der Waals surface area (Å²) in [7, 11) is 0. The van der Waals surface area contributed by atoms with E-state index in [1.807, 2.05) is 0 Å². The van der Waals surface area contributed by atoms with Crippen molar-refractivity contribution < 1.29 is 23.5 Å². The summed E-state index contributed by atoms with van der Waals surface area (Å²) in [4.78, 5) is 21.7. The van der Waals surface area contributed by atoms with E-state index in [2.05, 4.69) is 5.32 Å². The lowest BCUT2D eigenvalue weighted by Crippen LogP contribution is -2.11. The molecule has 1 aromatic rings. The molecule has 90 valence electrons. The van der Waals surface area contributed by atoms with Crippen molar-refractivity contribution in [3.05, 3.63) is 41.5 Å². The van der Waals surface area contributed by atoms with Crippen molar-refractivity contribution in [2.75, 3.05) is 5.32 Å². The Labute approximate surface area is 95.6 Å². The van der Waals surface area contributed by atoms with Crippen LogP contribution in [0.4, 0.5) is 14.5 Å². The molecular weight excluding hydrogens is 232 g/mol. The van der Waals surface area contributed by atoms with Gasteiger partial charge < -0.3 is 10.4 Å². The number of carboxylic acid groups (broad SMARTS) is 1. The number of amides is 1. The Bertz CT molecular complexity index is 497. The molecule has 0 saturated carbocycles. The molecular formula is C11H9F2NO3. The SMILES string of the molecule is C/C(=C\C(=O)Nc1ccc(F)c(F)c1)C(=O)O. The van der Waals surface area contributed by atoms with Gasteiger partial charge in [0.1, 0.15) is 0 Å². The molecule has 1 amide bonds. The number of nitrogens with one attached hydrogen (secondary N) is 1. The van der Waals surface area contributed by atoms with Gasteiger partial charge in [0.05, 0.1) is 0 Å². The maximum absolute atomic E-state index is 12.8. The number of halogens is 2. The van der Waals surface area contributed by atoms with Crippen LogP contribution in [0.15, 0.2) is 29.8 Å². The number of rotatable bonds is 3. The van der Waals surface area contributed by atoms with Gasteiger partial charge in [0, 0.05) is 23.4 Å². The van der Waals surface area contributed by atoms with Crippen LogP contribution in [0.5, 0.6) is 0 Å². The minimum Gasteiger partial charge on any atom is -0.478 e. The standard InChI is InChI=1S/C11H9F2NO3/c1-6(11(16)17)4-10(15)14-7-2-3-8(12)9(13)5-7/h2-5H,1H3,(H,14,15)(H,16,17)/b6-4+. The van der Waals surface area contributed by atoms with E-state index in [4.69, 9.17) is 5.11 Å². The van der Waals surface area contributed by atoms with Gasteiger partial charge >= 0.3 is 5.97 Å². The van der Waals surface area contributed by atoms with Crippen molar-refractivity contribution in [3.63, 3.8) is 0 Å². The monoisotopic (exact) mass is 241 g/mol. The topological polar surface area (TPSA) is 66.4 Å². The summed E-state index contributed by atoms with van der Waals surface area (Å²) >= 11 is 0. The Balaban J connectivity index is 2.78. The Morgan fingerprint density at radius 2 is 1.94 bits per heavy atom. The lowest BCUT2D eigenvalue weighted by atomic mass is 10.2. The van der Waals surface area contributed by atoms with Crippen LogP contribution in [-0.4, -0.2) is 17.0 Å². The molecule has 17 heavy (non-hydrogen) atoms. The van der Waals surface area contributed by atoms with Crippen LogP contribution in [0.3, 0.4) is 0 Å². The Morgan fingerprint density at radius 3 is 2.47 bits per heavy atom. The number of aliphatic carboxylic acids is 1. The minimum absolute atomic E-state index is 0.0448. The van der Waals surface area contributed by atoms with E-state index < -0.39 is 23.5 Å². The predicted molar refractivity (Wildman–Crippen MR) is 56.4 cm³/mol. The quantitative estimate of drug-likeness (QED) is 0.794. The molecule has 0 aliphatic heterocycles. The van der Waals surface area contributed by atoms with E-state index in [0.29, 0.717) is 0 Å². The zero-order valence-corrected chi connectivity index (χ0v) is 8.83. The smallest absolute Gasteiger partial charge is 0.331 e. The molecule has 0 heterocycles. The molecule has 0 fully saturated rings. The van der Waals surface area contributed by atoms with Crippen LogP contribution in [0, 0.1) is 11.6 Å². The van der Waals surface area contributed by atoms with E-state index in [1.165, 1.54) is 13.0 Å². The average molecular weight is 241 g/mol. The molecule has 0 atom stereocenters. The molecule has 0 aliphatic rings. The van der Waals surface area contributed by atoms with Gasteiger partial charge in [-0.1, -0.05) is 0 Å². The molecule has 0 saturated heterocycles. The van der Waals surface area contributed by atoms with E-state index in [-0.39, 0.29) is 11.3 Å². The molecule has 0 aliphatic carbocycles. The van der Waals surface area contributed by atoms with Crippen molar-refractivity contribution in [1.82, 2.24) is 0 Å². The van der Waals surface area contributed by atoms with Crippen molar-refractivity contribution in [2.45, 2.75) is 6.92 Å². The van der Waals surface area contributed by atoms with Gasteiger partial charge in [0.25, 0.3) is 0 Å². The minimum atomic E-state index is -1.23. The maximum atomic E-state index is 12.8. The maximum Gasteiger partial charge on any atom is 0.331 e. The number of hydrogen-bond donors (Lipinski definition) is 2. The van der Waals surface area contributed by atoms with Crippen LogP contribution in [-0.2, 0) is 9.59 Å². The van der Waals surface area contributed by atoms with Gasteiger partial charge in [-0.15, -0.1) is 0 Å². The molecule has 0 aromatic heterocycles. The summed E-state index contributed by atoms with van der Waals surface area (Å²) in [5, 5.41) is 10.7. The van der Waals surface area contributed by atoms with Crippen LogP contribution in [0.2, 0.25) is 0 Å². The first-order valence-electron chi connectivity index (χ1n) is 4.58. The normalized spacial score (nSPS) is 11.1. The Morgan fingerprint density at radius 1 is 1.29 bits per heavy atom. The third kappa shape index (κ3) is 3.67. The van der Waals surface area contributed by atoms with Crippen molar-refractivity contribution in [3.8, 4) is 0 Å². The summed E-state index contributed by atoms with van der Waals surface area (Å²) < 4.78 is 25.4. The lowest BCUT2D eigenvalue weighted by molar-refractivity contribution is -0.132. The van der Waals surface area contributed by atoms with Crippen molar-refractivity contribution in [2.24, 2.45) is 0 Å². The fourth-order valence-electron chi connectivity index (χ4n) is 1.01. The summed E-state index contributed by atoms with van der Waals surface area (Å²) in [6.07, 6.45) is 0.851. The number of hydrogen-bond acceptors (Lipinski definition) is 2. The summed E-state index contributed by atoms with van der Waals surface area (Å²) in [6, 6.07) is 2.83. The van der Waals surface area contributed by atoms with Gasteiger partial charge in [-0.25, -0.2) is 13.6 Å². The molecule has 1 rings (SSSR count). The van der Waals surface area contributed by atoms with E-state index in [0.717, 1.165) is 18.2 Å². The van der Waals surface area contributed by atoms with Crippen LogP contribution in [0.1, 0.15) is 6.92 Å². The molecule has 0 unspecified atom stereocenters. The number of carboxylic acids is 1. The highest BCUT2D eigenvalue weighted by Gasteiger charge is 2.06. The van der Waals surface area contributed by atoms with Gasteiger partial charge in [-0.05, 0) is 19.1 Å². The third-order valence-electron chi connectivity index (χ3n) is 1.87. The van der Waals surface area contributed by atoms with Crippen LogP contribution in [0.25, 0.3) is 0 Å². The molecule has 0 bridgehead atoms. The lowest BCUT2D eigenvalue weighted by Gasteiger charge is -2.02. The fraction of sp³-hybridized carbons (Fsp3) is 0.0909. The zero-order valence-electron chi connectivity index (χ0n) is 8.83. The first-order valence-corrected chi connectivity index (χ1v) is 4.58. The second-order valence-electron chi connectivity index (χ2n) is 3.25. The summed E-state index contributed by atoms with van der Waals surface area (Å²) in [5.41, 5.74) is -0.117. The molecule has 6 heteroatoms. The molecule has 4 nitrogen and oxygen atoms in total. The zero-order chi connectivity index (χ0) is 13.0. The first-order chi connectivity index (χ1) is 7.90. The number of benzene rings is 1. The summed E-state index contributed by atoms with van der Waals surface area (Å²) in [5.74, 6) is -4.08. The number of carbonyl (C=O) groups is 2. The Hall–Kier alpha value is -2.24. The van der Waals surface area contributed by atoms with Gasteiger partial charge in [0.15, 0.2) is 11.6 Å². The van der Waals surface area contributed by atoms with Crippen molar-refractivity contribution in [1.29, 1.82) is 0 Å². The molecule has 1 aromatic carbocycles. The number of anilines is 1. The van der Waals surface area contributed by atoms with E-state index in [9.17, 15) is 18.4 Å². The molecule has 0 radical (unpaired) electrons. The highest BCUT2D eigenvalue weighted by Crippen LogP contribution is 2.13. The molecule has 0 spiro atoms. The van der Waals surface area contributed by atoms with Crippen molar-refractivity contribution >= 4 is 17.6 Å². The number of carbonyl (C=O) groups excluding carboxylic acids is 1. The van der Waals surface area contributed by atoms with Gasteiger partial charge in [-0.2, -0.15) is 0 Å². The summed E-state index contributed by atoms with van der Waals surface area (Å²) in [6.45, 7) is 1.24. The van der Waals surface area contributed by atoms with Crippen LogP contribution >= 0.6 is 0 Å². The largest absolute Gasteiger partial charge is 0.478 e. The highest BCUT2D eigenvalue weighted by molar-refractivity contribution is 6.04. The average Bonchev–Trinajstić information content (AvgIpc) is 2.23. The first kappa shape index (κ1) is 12.8. The van der Waals surface area contributed by atoms with E-state index >= 15 is 0 Å². The highest BCUT2D eigenvalue weighted by atomic mass is 19.2. The van der Waals surface area contributed by atoms with E-state index in [1.54, 1.807) is 0 Å². The van der Waals surface area contributed by atoms with Crippen LogP contribution < -0.4 is 5.32 Å². The van der Waals surface area contributed by atoms with Gasteiger partial charge in [0.2, 0.25) is 5.91 Å². The third-order valence-corrected chi connectivity index (χ3v) is 1.87.